The molecule has 0 fully saturated rings. The summed E-state index contributed by atoms with van der Waals surface area (Å²) in [7, 11) is -3.89. The Balaban J connectivity index is 2.30. The Morgan fingerprint density at radius 2 is 2.00 bits per heavy atom. The Bertz CT molecular complexity index is 595. The number of halogens is 2. The number of aliphatic imine (C=N–C) groups is 1. The fourth-order valence-electron chi connectivity index (χ4n) is 1.03. The molecule has 0 bridgehead atoms. The number of hydrogen-bond donors (Lipinski definition) is 0. The molecule has 0 N–H and O–H groups in total. The maximum Gasteiger partial charge on any atom is 0.321 e. The predicted octanol–water partition coefficient (Wildman–Crippen LogP) is 2.03. The Kier molecular flexibility index (Phi) is 2.69. The zero-order valence-electron chi connectivity index (χ0n) is 7.72. The van der Waals surface area contributed by atoms with Crippen LogP contribution in [0, 0.1) is 5.82 Å². The third-order valence-electron chi connectivity index (χ3n) is 1.79. The van der Waals surface area contributed by atoms with Crippen LogP contribution in [0.3, 0.4) is 0 Å². The maximum atomic E-state index is 13.2. The Hall–Kier alpha value is -1.40. The van der Waals surface area contributed by atoms with Crippen molar-refractivity contribution in [3.05, 3.63) is 40.6 Å². The number of rotatable bonds is 1. The summed E-state index contributed by atoms with van der Waals surface area (Å²) in [6.45, 7) is 0. The molecule has 0 unspecified atom stereocenters. The molecular weight excluding hydrogens is 257 g/mol. The lowest BCUT2D eigenvalue weighted by Crippen LogP contribution is -2.18. The van der Waals surface area contributed by atoms with Crippen LogP contribution in [0.4, 0.5) is 4.39 Å². The molecule has 16 heavy (non-hydrogen) atoms. The maximum absolute atomic E-state index is 13.2. The smallest absolute Gasteiger partial charge is 0.321 e. The SMILES string of the molecule is O=S1(=O)C(Cl)=CN=C1Oc1ccccc1F. The van der Waals surface area contributed by atoms with Crippen molar-refractivity contribution >= 4 is 26.7 Å². The molecule has 0 saturated heterocycles. The van der Waals surface area contributed by atoms with Crippen molar-refractivity contribution in [3.63, 3.8) is 0 Å². The number of ether oxygens (including phenoxy) is 1. The third kappa shape index (κ3) is 1.81. The summed E-state index contributed by atoms with van der Waals surface area (Å²) in [5.41, 5.74) is 0. The van der Waals surface area contributed by atoms with Crippen molar-refractivity contribution in [1.82, 2.24) is 0 Å². The van der Waals surface area contributed by atoms with Gasteiger partial charge in [-0.1, -0.05) is 23.7 Å². The van der Waals surface area contributed by atoms with E-state index >= 15 is 0 Å². The fourth-order valence-corrected chi connectivity index (χ4v) is 2.02. The Morgan fingerprint density at radius 1 is 1.31 bits per heavy atom. The zero-order valence-corrected chi connectivity index (χ0v) is 9.30. The van der Waals surface area contributed by atoms with Crippen molar-refractivity contribution < 1.29 is 17.5 Å². The van der Waals surface area contributed by atoms with E-state index in [1.165, 1.54) is 18.2 Å². The first-order valence-electron chi connectivity index (χ1n) is 4.13. The number of nitrogens with zero attached hydrogens (tertiary/aromatic N) is 1. The molecule has 7 heteroatoms. The molecule has 0 spiro atoms. The van der Waals surface area contributed by atoms with E-state index in [4.69, 9.17) is 16.3 Å². The summed E-state index contributed by atoms with van der Waals surface area (Å²) >= 11 is 5.39. The number of para-hydroxylation sites is 1. The van der Waals surface area contributed by atoms with E-state index in [9.17, 15) is 12.8 Å². The second kappa shape index (κ2) is 3.88. The van der Waals surface area contributed by atoms with Gasteiger partial charge in [-0.2, -0.15) is 0 Å². The Labute approximate surface area is 95.9 Å². The highest BCUT2D eigenvalue weighted by Crippen LogP contribution is 2.24. The van der Waals surface area contributed by atoms with Crippen LogP contribution < -0.4 is 4.74 Å². The van der Waals surface area contributed by atoms with Crippen LogP contribution >= 0.6 is 11.6 Å². The van der Waals surface area contributed by atoms with Crippen molar-refractivity contribution in [2.45, 2.75) is 0 Å². The highest BCUT2D eigenvalue weighted by molar-refractivity contribution is 8.10. The minimum atomic E-state index is -3.89. The van der Waals surface area contributed by atoms with Crippen LogP contribution in [0.1, 0.15) is 0 Å². The van der Waals surface area contributed by atoms with Gasteiger partial charge in [0.15, 0.2) is 15.9 Å². The van der Waals surface area contributed by atoms with E-state index in [1.54, 1.807) is 0 Å². The summed E-state index contributed by atoms with van der Waals surface area (Å²) < 4.78 is 40.4. The van der Waals surface area contributed by atoms with E-state index in [0.717, 1.165) is 12.3 Å². The van der Waals surface area contributed by atoms with E-state index in [1.807, 2.05) is 0 Å². The minimum absolute atomic E-state index is 0.218. The van der Waals surface area contributed by atoms with E-state index in [-0.39, 0.29) is 5.75 Å². The first kappa shape index (κ1) is 11.1. The van der Waals surface area contributed by atoms with Crippen LogP contribution in [0.25, 0.3) is 0 Å². The van der Waals surface area contributed by atoms with Crippen molar-refractivity contribution in [2.75, 3.05) is 0 Å². The molecule has 0 radical (unpaired) electrons. The molecule has 4 nitrogen and oxygen atoms in total. The normalized spacial score (nSPS) is 17.9. The van der Waals surface area contributed by atoms with Gasteiger partial charge in [0, 0.05) is 0 Å². The summed E-state index contributed by atoms with van der Waals surface area (Å²) in [5, 5.41) is -0.623. The highest BCUT2D eigenvalue weighted by atomic mass is 35.5. The molecule has 1 aromatic carbocycles. The second-order valence-electron chi connectivity index (χ2n) is 2.86. The van der Waals surface area contributed by atoms with Gasteiger partial charge in [0.1, 0.15) is 0 Å². The quantitative estimate of drug-likeness (QED) is 0.777. The van der Waals surface area contributed by atoms with Gasteiger partial charge in [0.2, 0.25) is 0 Å². The van der Waals surface area contributed by atoms with Gasteiger partial charge < -0.3 is 4.74 Å². The lowest BCUT2D eigenvalue weighted by molar-refractivity contribution is 0.495. The lowest BCUT2D eigenvalue weighted by Gasteiger charge is -2.05. The average molecular weight is 262 g/mol. The molecule has 1 aliphatic heterocycles. The lowest BCUT2D eigenvalue weighted by atomic mass is 10.3. The van der Waals surface area contributed by atoms with Gasteiger partial charge in [-0.15, -0.1) is 0 Å². The van der Waals surface area contributed by atoms with Gasteiger partial charge in [0.05, 0.1) is 6.20 Å². The van der Waals surface area contributed by atoms with E-state index in [0.29, 0.717) is 0 Å². The number of benzene rings is 1. The van der Waals surface area contributed by atoms with Gasteiger partial charge in [0.25, 0.3) is 9.84 Å². The molecule has 1 heterocycles. The van der Waals surface area contributed by atoms with Crippen molar-refractivity contribution in [1.29, 1.82) is 0 Å². The summed E-state index contributed by atoms with van der Waals surface area (Å²) in [4.78, 5) is 3.45. The summed E-state index contributed by atoms with van der Waals surface area (Å²) in [6, 6.07) is 5.40. The third-order valence-corrected chi connectivity index (χ3v) is 3.77. The zero-order chi connectivity index (χ0) is 11.8. The molecule has 0 aliphatic carbocycles. The van der Waals surface area contributed by atoms with Gasteiger partial charge in [-0.3, -0.25) is 0 Å². The fraction of sp³-hybridized carbons (Fsp3) is 0. The molecule has 2 rings (SSSR count). The van der Waals surface area contributed by atoms with Gasteiger partial charge >= 0.3 is 5.23 Å². The van der Waals surface area contributed by atoms with Crippen molar-refractivity contribution in [3.8, 4) is 5.75 Å². The topological polar surface area (TPSA) is 55.7 Å². The average Bonchev–Trinajstić information content (AvgIpc) is 2.48. The summed E-state index contributed by atoms with van der Waals surface area (Å²) in [5.74, 6) is -0.895. The molecule has 0 saturated carbocycles. The second-order valence-corrected chi connectivity index (χ2v) is 5.29. The first-order chi connectivity index (χ1) is 7.51. The van der Waals surface area contributed by atoms with Crippen LogP contribution in [0.15, 0.2) is 39.8 Å². The molecule has 0 aromatic heterocycles. The van der Waals surface area contributed by atoms with Gasteiger partial charge in [-0.05, 0) is 12.1 Å². The van der Waals surface area contributed by atoms with E-state index in [2.05, 4.69) is 4.99 Å². The summed E-state index contributed by atoms with van der Waals surface area (Å²) in [6.07, 6.45) is 0.938. The highest BCUT2D eigenvalue weighted by Gasteiger charge is 2.31. The number of sulfone groups is 1. The molecule has 1 aliphatic rings. The van der Waals surface area contributed by atoms with Crippen LogP contribution in [0.5, 0.6) is 5.75 Å². The minimum Gasteiger partial charge on any atom is -0.427 e. The van der Waals surface area contributed by atoms with Crippen LogP contribution in [0.2, 0.25) is 0 Å². The van der Waals surface area contributed by atoms with Gasteiger partial charge in [-0.25, -0.2) is 17.8 Å². The Morgan fingerprint density at radius 3 is 2.56 bits per heavy atom. The molecule has 0 atom stereocenters. The number of hydrogen-bond acceptors (Lipinski definition) is 4. The molecular formula is C9H5ClFNO3S. The molecule has 0 amide bonds. The van der Waals surface area contributed by atoms with E-state index < -0.39 is 25.2 Å². The molecule has 1 aromatic rings. The van der Waals surface area contributed by atoms with Crippen LogP contribution in [-0.2, 0) is 9.84 Å². The standard InChI is InChI=1S/C9H5ClFNO3S/c10-8-5-12-9(16(8,13)14)15-7-4-2-1-3-6(7)11/h1-5H. The largest absolute Gasteiger partial charge is 0.427 e. The molecule has 84 valence electrons. The van der Waals surface area contributed by atoms with Crippen LogP contribution in [-0.4, -0.2) is 13.6 Å². The monoisotopic (exact) mass is 261 g/mol. The van der Waals surface area contributed by atoms with Crippen molar-refractivity contribution in [2.24, 2.45) is 4.99 Å². The first-order valence-corrected chi connectivity index (χ1v) is 5.99. The predicted molar refractivity (Wildman–Crippen MR) is 57.3 cm³/mol.